The number of hydrogen-bond donors (Lipinski definition) is 1. The van der Waals surface area contributed by atoms with Gasteiger partial charge in [-0.3, -0.25) is 0 Å². The zero-order valence-corrected chi connectivity index (χ0v) is 10.7. The van der Waals surface area contributed by atoms with Crippen molar-refractivity contribution < 1.29 is 4.39 Å². The molecule has 0 radical (unpaired) electrons. The molecule has 94 valence electrons. The summed E-state index contributed by atoms with van der Waals surface area (Å²) in [4.78, 5) is 2.23. The first-order chi connectivity index (χ1) is 8.20. The predicted molar refractivity (Wildman–Crippen MR) is 69.8 cm³/mol. The van der Waals surface area contributed by atoms with Crippen LogP contribution in [0, 0.1) is 5.82 Å². The Balaban J connectivity index is 2.18. The number of hydrogen-bond acceptors (Lipinski definition) is 2. The van der Waals surface area contributed by atoms with E-state index in [0.29, 0.717) is 12.6 Å². The Kier molecular flexibility index (Phi) is 4.00. The minimum atomic E-state index is -0.141. The molecule has 3 heteroatoms. The average Bonchev–Trinajstić information content (AvgIpc) is 2.81. The first-order valence-electron chi connectivity index (χ1n) is 6.37. The molecule has 0 aromatic heterocycles. The highest BCUT2D eigenvalue weighted by atomic mass is 19.1. The lowest BCUT2D eigenvalue weighted by atomic mass is 10.1. The van der Waals surface area contributed by atoms with Gasteiger partial charge in [0.25, 0.3) is 0 Å². The summed E-state index contributed by atoms with van der Waals surface area (Å²) < 4.78 is 13.5. The van der Waals surface area contributed by atoms with Crippen molar-refractivity contribution in [2.24, 2.45) is 0 Å². The summed E-state index contributed by atoms with van der Waals surface area (Å²) in [6.07, 6.45) is 5.06. The van der Waals surface area contributed by atoms with Gasteiger partial charge in [-0.05, 0) is 43.7 Å². The van der Waals surface area contributed by atoms with E-state index < -0.39 is 0 Å². The highest BCUT2D eigenvalue weighted by Gasteiger charge is 2.20. The summed E-state index contributed by atoms with van der Waals surface area (Å²) in [6, 6.07) is 5.90. The molecule has 1 aromatic rings. The molecule has 2 nitrogen and oxygen atoms in total. The van der Waals surface area contributed by atoms with Crippen LogP contribution in [0.3, 0.4) is 0 Å². The van der Waals surface area contributed by atoms with E-state index in [0.717, 1.165) is 11.3 Å². The molecule has 1 fully saturated rings. The van der Waals surface area contributed by atoms with Crippen LogP contribution in [0.1, 0.15) is 31.2 Å². The van der Waals surface area contributed by atoms with Gasteiger partial charge in [0.2, 0.25) is 0 Å². The van der Waals surface area contributed by atoms with Crippen molar-refractivity contribution in [3.8, 4) is 0 Å². The van der Waals surface area contributed by atoms with Gasteiger partial charge in [-0.2, -0.15) is 0 Å². The van der Waals surface area contributed by atoms with Gasteiger partial charge in [0, 0.05) is 25.3 Å². The van der Waals surface area contributed by atoms with Crippen molar-refractivity contribution in [3.63, 3.8) is 0 Å². The highest BCUT2D eigenvalue weighted by Crippen LogP contribution is 2.28. The van der Waals surface area contributed by atoms with E-state index in [1.807, 2.05) is 7.05 Å². The number of halogens is 1. The van der Waals surface area contributed by atoms with Crippen LogP contribution in [0.25, 0.3) is 0 Å². The Bertz CT molecular complexity index is 372. The van der Waals surface area contributed by atoms with Crippen molar-refractivity contribution in [3.05, 3.63) is 29.6 Å². The molecule has 1 N–H and O–H groups in total. The van der Waals surface area contributed by atoms with Crippen LogP contribution < -0.4 is 10.2 Å². The van der Waals surface area contributed by atoms with E-state index in [1.54, 1.807) is 12.1 Å². The lowest BCUT2D eigenvalue weighted by molar-refractivity contribution is 0.615. The van der Waals surface area contributed by atoms with Crippen molar-refractivity contribution in [2.75, 3.05) is 19.0 Å². The molecule has 0 unspecified atom stereocenters. The zero-order valence-electron chi connectivity index (χ0n) is 10.7. The topological polar surface area (TPSA) is 15.3 Å². The van der Waals surface area contributed by atoms with E-state index in [1.165, 1.54) is 25.7 Å². The maximum Gasteiger partial charge on any atom is 0.125 e. The van der Waals surface area contributed by atoms with Crippen molar-refractivity contribution in [2.45, 2.75) is 38.3 Å². The molecule has 1 aliphatic carbocycles. The van der Waals surface area contributed by atoms with Gasteiger partial charge < -0.3 is 10.2 Å². The van der Waals surface area contributed by atoms with Crippen LogP contribution in [-0.2, 0) is 6.54 Å². The molecule has 0 amide bonds. The Hall–Kier alpha value is -1.09. The molecular weight excluding hydrogens is 215 g/mol. The lowest BCUT2D eigenvalue weighted by Crippen LogP contribution is -2.29. The minimum Gasteiger partial charge on any atom is -0.372 e. The SMILES string of the molecule is CNCc1cc(F)cc(N(C)C2CCCC2)c1. The van der Waals surface area contributed by atoms with Crippen LogP contribution in [0.5, 0.6) is 0 Å². The van der Waals surface area contributed by atoms with Crippen LogP contribution in [0.15, 0.2) is 18.2 Å². The standard InChI is InChI=1S/C14H21FN2/c1-16-10-11-7-12(15)9-14(8-11)17(2)13-5-3-4-6-13/h7-9,13,16H,3-6,10H2,1-2H3. The lowest BCUT2D eigenvalue weighted by Gasteiger charge is -2.27. The van der Waals surface area contributed by atoms with Gasteiger partial charge in [-0.15, -0.1) is 0 Å². The molecule has 17 heavy (non-hydrogen) atoms. The van der Waals surface area contributed by atoms with Gasteiger partial charge in [-0.25, -0.2) is 4.39 Å². The van der Waals surface area contributed by atoms with Gasteiger partial charge in [0.1, 0.15) is 5.82 Å². The third-order valence-corrected chi connectivity index (χ3v) is 3.60. The Morgan fingerprint density at radius 3 is 2.65 bits per heavy atom. The molecule has 0 bridgehead atoms. The average molecular weight is 236 g/mol. The van der Waals surface area contributed by atoms with E-state index in [2.05, 4.69) is 23.3 Å². The summed E-state index contributed by atoms with van der Waals surface area (Å²) in [5.41, 5.74) is 2.01. The van der Waals surface area contributed by atoms with E-state index in [4.69, 9.17) is 0 Å². The van der Waals surface area contributed by atoms with E-state index in [-0.39, 0.29) is 5.82 Å². The smallest absolute Gasteiger partial charge is 0.125 e. The van der Waals surface area contributed by atoms with Gasteiger partial charge in [0.15, 0.2) is 0 Å². The zero-order chi connectivity index (χ0) is 12.3. The molecule has 0 atom stereocenters. The maximum atomic E-state index is 13.5. The van der Waals surface area contributed by atoms with E-state index >= 15 is 0 Å². The summed E-state index contributed by atoms with van der Waals surface area (Å²) in [7, 11) is 3.96. The predicted octanol–water partition coefficient (Wildman–Crippen LogP) is 2.92. The van der Waals surface area contributed by atoms with Gasteiger partial charge >= 0.3 is 0 Å². The fraction of sp³-hybridized carbons (Fsp3) is 0.571. The van der Waals surface area contributed by atoms with Crippen molar-refractivity contribution in [1.29, 1.82) is 0 Å². The Labute approximate surface area is 103 Å². The Morgan fingerprint density at radius 1 is 1.29 bits per heavy atom. The van der Waals surface area contributed by atoms with Crippen LogP contribution >= 0.6 is 0 Å². The fourth-order valence-electron chi connectivity index (χ4n) is 2.65. The molecular formula is C14H21FN2. The Morgan fingerprint density at radius 2 is 2.00 bits per heavy atom. The summed E-state index contributed by atoms with van der Waals surface area (Å²) >= 11 is 0. The molecule has 0 spiro atoms. The largest absolute Gasteiger partial charge is 0.372 e. The van der Waals surface area contributed by atoms with Crippen LogP contribution in [-0.4, -0.2) is 20.1 Å². The molecule has 0 saturated heterocycles. The molecule has 0 aliphatic heterocycles. The number of nitrogens with zero attached hydrogens (tertiary/aromatic N) is 1. The number of benzene rings is 1. The normalized spacial score (nSPS) is 16.4. The summed E-state index contributed by atoms with van der Waals surface area (Å²) in [5.74, 6) is -0.141. The first kappa shape index (κ1) is 12.4. The number of rotatable bonds is 4. The first-order valence-corrected chi connectivity index (χ1v) is 6.37. The molecule has 0 heterocycles. The van der Waals surface area contributed by atoms with Crippen molar-refractivity contribution >= 4 is 5.69 Å². The quantitative estimate of drug-likeness (QED) is 0.864. The summed E-state index contributed by atoms with van der Waals surface area (Å²) in [5, 5.41) is 3.06. The van der Waals surface area contributed by atoms with Gasteiger partial charge in [-0.1, -0.05) is 12.8 Å². The highest BCUT2D eigenvalue weighted by molar-refractivity contribution is 5.49. The summed E-state index contributed by atoms with van der Waals surface area (Å²) in [6.45, 7) is 0.712. The van der Waals surface area contributed by atoms with Crippen molar-refractivity contribution in [1.82, 2.24) is 5.32 Å². The number of anilines is 1. The fourth-order valence-corrected chi connectivity index (χ4v) is 2.65. The third kappa shape index (κ3) is 2.97. The molecule has 2 rings (SSSR count). The second-order valence-electron chi connectivity index (χ2n) is 4.90. The number of nitrogens with one attached hydrogen (secondary N) is 1. The molecule has 1 aromatic carbocycles. The van der Waals surface area contributed by atoms with Crippen LogP contribution in [0.2, 0.25) is 0 Å². The maximum absolute atomic E-state index is 13.5. The third-order valence-electron chi connectivity index (χ3n) is 3.60. The molecule has 1 saturated carbocycles. The van der Waals surface area contributed by atoms with E-state index in [9.17, 15) is 4.39 Å². The minimum absolute atomic E-state index is 0.141. The molecule has 1 aliphatic rings. The second-order valence-corrected chi connectivity index (χ2v) is 4.90. The monoisotopic (exact) mass is 236 g/mol. The van der Waals surface area contributed by atoms with Gasteiger partial charge in [0.05, 0.1) is 0 Å². The van der Waals surface area contributed by atoms with Crippen LogP contribution in [0.4, 0.5) is 10.1 Å². The second kappa shape index (κ2) is 5.50.